The molecule has 0 aliphatic carbocycles. The van der Waals surface area contributed by atoms with Crippen LogP contribution in [0.2, 0.25) is 5.02 Å². The Kier molecular flexibility index (Phi) is 7.53. The maximum Gasteiger partial charge on any atom is 0.329 e. The molecule has 2 aromatic carbocycles. The minimum absolute atomic E-state index is 0.0287. The molecule has 0 atom stereocenters. The molecule has 1 aliphatic heterocycles. The summed E-state index contributed by atoms with van der Waals surface area (Å²) >= 11 is 6.43. The lowest BCUT2D eigenvalue weighted by Crippen LogP contribution is -2.36. The zero-order valence-corrected chi connectivity index (χ0v) is 18.6. The number of esters is 1. The van der Waals surface area contributed by atoms with Crippen LogP contribution in [0.25, 0.3) is 6.08 Å². The average Bonchev–Trinajstić information content (AvgIpc) is 3.06. The third kappa shape index (κ3) is 5.42. The first kappa shape index (κ1) is 23.6. The molecule has 0 bridgehead atoms. The number of amides is 3. The van der Waals surface area contributed by atoms with E-state index in [4.69, 9.17) is 21.1 Å². The number of ether oxygens (including phenoxy) is 3. The maximum absolute atomic E-state index is 12.5. The molecule has 0 aromatic heterocycles. The number of carbonyl (C=O) groups excluding carboxylic acids is 3. The molecule has 2 aromatic rings. The van der Waals surface area contributed by atoms with Crippen LogP contribution >= 0.6 is 11.6 Å². The zero-order valence-electron chi connectivity index (χ0n) is 17.9. The fraction of sp³-hybridized carbons (Fsp3) is 0.217. The van der Waals surface area contributed by atoms with E-state index in [0.29, 0.717) is 29.0 Å². The van der Waals surface area contributed by atoms with Gasteiger partial charge in [-0.1, -0.05) is 29.8 Å². The van der Waals surface area contributed by atoms with Gasteiger partial charge in [0.2, 0.25) is 0 Å². The van der Waals surface area contributed by atoms with Crippen LogP contribution in [-0.4, -0.2) is 43.1 Å². The summed E-state index contributed by atoms with van der Waals surface area (Å²) in [4.78, 5) is 36.7. The normalized spacial score (nSPS) is 14.1. The van der Waals surface area contributed by atoms with E-state index < -0.39 is 24.5 Å². The lowest BCUT2D eigenvalue weighted by atomic mass is 10.1. The number of nitrogens with zero attached hydrogens (tertiary/aromatic N) is 2. The standard InChI is InChI=1S/C23H20ClN3O6/c1-3-32-19-10-14(9-18-22(29)27(23(30)26-18)12-20(28)31-2)8-17(24)21(19)33-13-16-7-5-4-6-15(16)11-25/h4-10H,3,12-13H2,1-2H3,(H,26,30)/b18-9+. The minimum Gasteiger partial charge on any atom is -0.490 e. The highest BCUT2D eigenvalue weighted by Crippen LogP contribution is 2.38. The molecule has 33 heavy (non-hydrogen) atoms. The van der Waals surface area contributed by atoms with Gasteiger partial charge in [0.1, 0.15) is 18.8 Å². The zero-order chi connectivity index (χ0) is 24.0. The van der Waals surface area contributed by atoms with Crippen molar-refractivity contribution in [3.8, 4) is 17.6 Å². The highest BCUT2D eigenvalue weighted by molar-refractivity contribution is 6.32. The Hall–Kier alpha value is -4.03. The monoisotopic (exact) mass is 469 g/mol. The van der Waals surface area contributed by atoms with Crippen molar-refractivity contribution in [2.75, 3.05) is 20.3 Å². The molecule has 9 nitrogen and oxygen atoms in total. The van der Waals surface area contributed by atoms with E-state index in [9.17, 15) is 19.6 Å². The summed E-state index contributed by atoms with van der Waals surface area (Å²) in [7, 11) is 1.16. The molecule has 3 rings (SSSR count). The predicted molar refractivity (Wildman–Crippen MR) is 118 cm³/mol. The van der Waals surface area contributed by atoms with Gasteiger partial charge in [0.25, 0.3) is 5.91 Å². The number of nitrogens with one attached hydrogen (secondary N) is 1. The number of hydrogen-bond donors (Lipinski definition) is 1. The van der Waals surface area contributed by atoms with Gasteiger partial charge >= 0.3 is 12.0 Å². The lowest BCUT2D eigenvalue weighted by molar-refractivity contribution is -0.143. The number of nitriles is 1. The number of urea groups is 1. The van der Waals surface area contributed by atoms with Crippen LogP contribution in [0.1, 0.15) is 23.6 Å². The van der Waals surface area contributed by atoms with Crippen molar-refractivity contribution in [3.63, 3.8) is 0 Å². The summed E-state index contributed by atoms with van der Waals surface area (Å²) in [5, 5.41) is 11.9. The number of rotatable bonds is 8. The number of carbonyl (C=O) groups is 3. The molecule has 1 heterocycles. The Morgan fingerprint density at radius 1 is 1.24 bits per heavy atom. The first-order chi connectivity index (χ1) is 15.9. The van der Waals surface area contributed by atoms with Gasteiger partial charge < -0.3 is 19.5 Å². The van der Waals surface area contributed by atoms with E-state index in [1.54, 1.807) is 43.3 Å². The van der Waals surface area contributed by atoms with E-state index in [0.717, 1.165) is 12.0 Å². The predicted octanol–water partition coefficient (Wildman–Crippen LogP) is 3.26. The van der Waals surface area contributed by atoms with Crippen molar-refractivity contribution in [3.05, 3.63) is 63.8 Å². The number of hydrogen-bond acceptors (Lipinski definition) is 7. The molecule has 1 aliphatic rings. The Balaban J connectivity index is 1.86. The van der Waals surface area contributed by atoms with Gasteiger partial charge in [-0.15, -0.1) is 0 Å². The van der Waals surface area contributed by atoms with Gasteiger partial charge in [-0.05, 0) is 36.8 Å². The summed E-state index contributed by atoms with van der Waals surface area (Å²) < 4.78 is 16.0. The Labute approximate surface area is 195 Å². The second kappa shape index (κ2) is 10.5. The summed E-state index contributed by atoms with van der Waals surface area (Å²) in [6, 6.07) is 11.6. The van der Waals surface area contributed by atoms with Crippen molar-refractivity contribution >= 4 is 35.6 Å². The van der Waals surface area contributed by atoms with Crippen molar-refractivity contribution in [1.82, 2.24) is 10.2 Å². The average molecular weight is 470 g/mol. The quantitative estimate of drug-likeness (QED) is 0.358. The molecule has 0 spiro atoms. The molecule has 1 saturated heterocycles. The fourth-order valence-electron chi connectivity index (χ4n) is 3.05. The van der Waals surface area contributed by atoms with Crippen LogP contribution in [0.3, 0.4) is 0 Å². The Morgan fingerprint density at radius 2 is 2.00 bits per heavy atom. The van der Waals surface area contributed by atoms with Gasteiger partial charge in [0.05, 0.1) is 30.4 Å². The van der Waals surface area contributed by atoms with Crippen molar-refractivity contribution in [2.24, 2.45) is 0 Å². The Morgan fingerprint density at radius 3 is 2.70 bits per heavy atom. The number of benzene rings is 2. The second-order valence-corrected chi connectivity index (χ2v) is 7.18. The van der Waals surface area contributed by atoms with Crippen LogP contribution in [-0.2, 0) is 20.9 Å². The minimum atomic E-state index is -0.733. The molecule has 3 amide bonds. The number of methoxy groups -OCH3 is 1. The lowest BCUT2D eigenvalue weighted by Gasteiger charge is -2.15. The molecule has 1 N–H and O–H groups in total. The van der Waals surface area contributed by atoms with Gasteiger partial charge in [-0.25, -0.2) is 9.69 Å². The second-order valence-electron chi connectivity index (χ2n) is 6.78. The summed E-state index contributed by atoms with van der Waals surface area (Å²) in [6.45, 7) is 1.71. The van der Waals surface area contributed by atoms with Gasteiger partial charge in [-0.2, -0.15) is 5.26 Å². The first-order valence-corrected chi connectivity index (χ1v) is 10.2. The number of imide groups is 1. The van der Waals surface area contributed by atoms with Crippen LogP contribution < -0.4 is 14.8 Å². The maximum atomic E-state index is 12.5. The Bertz CT molecular complexity index is 1170. The third-order valence-corrected chi connectivity index (χ3v) is 4.91. The largest absolute Gasteiger partial charge is 0.490 e. The number of halogens is 1. The van der Waals surface area contributed by atoms with Crippen molar-refractivity contribution < 1.29 is 28.6 Å². The smallest absolute Gasteiger partial charge is 0.329 e. The summed E-state index contributed by atoms with van der Waals surface area (Å²) in [6.07, 6.45) is 1.42. The highest BCUT2D eigenvalue weighted by Gasteiger charge is 2.35. The van der Waals surface area contributed by atoms with Gasteiger partial charge in [0.15, 0.2) is 11.5 Å². The molecule has 0 saturated carbocycles. The first-order valence-electron chi connectivity index (χ1n) is 9.86. The molecule has 170 valence electrons. The van der Waals surface area contributed by atoms with E-state index in [-0.39, 0.29) is 23.1 Å². The summed E-state index contributed by atoms with van der Waals surface area (Å²) in [5.41, 5.74) is 1.62. The van der Waals surface area contributed by atoms with Crippen LogP contribution in [0, 0.1) is 11.3 Å². The van der Waals surface area contributed by atoms with Crippen molar-refractivity contribution in [2.45, 2.75) is 13.5 Å². The van der Waals surface area contributed by atoms with Crippen LogP contribution in [0.5, 0.6) is 11.5 Å². The molecular weight excluding hydrogens is 450 g/mol. The van der Waals surface area contributed by atoms with Crippen molar-refractivity contribution in [1.29, 1.82) is 5.26 Å². The van der Waals surface area contributed by atoms with E-state index in [1.165, 1.54) is 6.08 Å². The van der Waals surface area contributed by atoms with E-state index in [2.05, 4.69) is 16.1 Å². The van der Waals surface area contributed by atoms with Crippen LogP contribution in [0.15, 0.2) is 42.1 Å². The molecule has 0 unspecified atom stereocenters. The summed E-state index contributed by atoms with van der Waals surface area (Å²) in [5.74, 6) is -0.786. The third-order valence-electron chi connectivity index (χ3n) is 4.63. The highest BCUT2D eigenvalue weighted by atomic mass is 35.5. The molecule has 10 heteroatoms. The molecule has 0 radical (unpaired) electrons. The van der Waals surface area contributed by atoms with E-state index >= 15 is 0 Å². The van der Waals surface area contributed by atoms with Crippen LogP contribution in [0.4, 0.5) is 4.79 Å². The van der Waals surface area contributed by atoms with Gasteiger partial charge in [-0.3, -0.25) is 9.59 Å². The fourth-order valence-corrected chi connectivity index (χ4v) is 3.33. The topological polar surface area (TPSA) is 118 Å². The molecular formula is C23H20ClN3O6. The van der Waals surface area contributed by atoms with E-state index in [1.807, 2.05) is 0 Å². The SMILES string of the molecule is CCOc1cc(/C=C2/NC(=O)N(CC(=O)OC)C2=O)cc(Cl)c1OCc1ccccc1C#N. The van der Waals surface area contributed by atoms with Gasteiger partial charge in [0, 0.05) is 5.56 Å². The molecule has 1 fully saturated rings.